The second-order valence-corrected chi connectivity index (χ2v) is 5.84. The van der Waals surface area contributed by atoms with Gasteiger partial charge in [-0.25, -0.2) is 23.3 Å². The van der Waals surface area contributed by atoms with Crippen LogP contribution in [-0.2, 0) is 0 Å². The van der Waals surface area contributed by atoms with E-state index in [-0.39, 0.29) is 68.3 Å². The predicted molar refractivity (Wildman–Crippen MR) is 90.5 cm³/mol. The quantitative estimate of drug-likeness (QED) is 0.441. The van der Waals surface area contributed by atoms with E-state index in [1.807, 2.05) is 6.07 Å². The predicted octanol–water partition coefficient (Wildman–Crippen LogP) is -0.00580. The molecule has 0 aliphatic carbocycles. The summed E-state index contributed by atoms with van der Waals surface area (Å²) in [6.45, 7) is 1.62. The first-order valence-electron chi connectivity index (χ1n) is 7.87. The Morgan fingerprint density at radius 3 is 2.57 bits per heavy atom. The van der Waals surface area contributed by atoms with Crippen LogP contribution in [0.15, 0.2) is 42.6 Å². The van der Waals surface area contributed by atoms with Crippen molar-refractivity contribution in [3.63, 3.8) is 0 Å². The van der Waals surface area contributed by atoms with E-state index in [1.54, 1.807) is 13.0 Å². The Labute approximate surface area is 200 Å². The molecule has 1 aromatic carbocycles. The van der Waals surface area contributed by atoms with Crippen molar-refractivity contribution < 1.29 is 65.3 Å². The van der Waals surface area contributed by atoms with Crippen LogP contribution < -0.4 is 56.5 Å². The summed E-state index contributed by atoms with van der Waals surface area (Å²) in [5, 5.41) is 25.4. The molecule has 0 fully saturated rings. The van der Waals surface area contributed by atoms with Gasteiger partial charge < -0.3 is 5.11 Å². The van der Waals surface area contributed by atoms with Crippen LogP contribution in [0.4, 0.5) is 8.78 Å². The molecule has 3 aromatic heterocycles. The molecule has 0 aliphatic rings. The van der Waals surface area contributed by atoms with Crippen molar-refractivity contribution in [2.24, 2.45) is 0 Å². The molecule has 132 valence electrons. The zero-order valence-electron chi connectivity index (χ0n) is 14.9. The summed E-state index contributed by atoms with van der Waals surface area (Å²) in [4.78, 5) is 8.41. The third kappa shape index (κ3) is 3.57. The van der Waals surface area contributed by atoms with Crippen LogP contribution in [0, 0.1) is 29.9 Å². The van der Waals surface area contributed by atoms with Crippen molar-refractivity contribution in [3.05, 3.63) is 65.6 Å². The van der Waals surface area contributed by atoms with Gasteiger partial charge in [0.25, 0.3) is 0 Å². The van der Waals surface area contributed by atoms with Crippen LogP contribution in [-0.4, -0.2) is 19.6 Å². The van der Waals surface area contributed by atoms with E-state index < -0.39 is 17.5 Å². The van der Waals surface area contributed by atoms with Crippen LogP contribution in [0.1, 0.15) is 11.4 Å². The van der Waals surface area contributed by atoms with Gasteiger partial charge in [0, 0.05) is 23.4 Å². The van der Waals surface area contributed by atoms with Crippen LogP contribution in [0.3, 0.4) is 0 Å². The molecule has 0 aliphatic heterocycles. The molecule has 6 nitrogen and oxygen atoms in total. The van der Waals surface area contributed by atoms with Gasteiger partial charge in [-0.05, 0) is 43.1 Å². The molecule has 0 N–H and O–H groups in total. The van der Waals surface area contributed by atoms with Crippen molar-refractivity contribution in [2.45, 2.75) is 6.92 Å². The molecule has 0 bridgehead atoms. The summed E-state index contributed by atoms with van der Waals surface area (Å²) in [5.74, 6) is -1.92. The maximum absolute atomic E-state index is 14.3. The van der Waals surface area contributed by atoms with Gasteiger partial charge in [-0.3, -0.25) is 0 Å². The van der Waals surface area contributed by atoms with Crippen LogP contribution >= 0.6 is 0 Å². The first-order chi connectivity index (χ1) is 13.0. The van der Waals surface area contributed by atoms with Crippen molar-refractivity contribution in [2.75, 3.05) is 0 Å². The molecule has 3 heterocycles. The van der Waals surface area contributed by atoms with E-state index in [0.29, 0.717) is 22.5 Å². The van der Waals surface area contributed by atoms with E-state index in [4.69, 9.17) is 5.26 Å². The Kier molecular flexibility index (Phi) is 5.88. The van der Waals surface area contributed by atoms with Gasteiger partial charge in [-0.2, -0.15) is 10.4 Å². The number of aromatic nitrogens is 4. The fourth-order valence-corrected chi connectivity index (χ4v) is 2.86. The largest absolute Gasteiger partial charge is 1.00 e. The van der Waals surface area contributed by atoms with Crippen LogP contribution in [0.5, 0.6) is 5.88 Å². The molecule has 28 heavy (non-hydrogen) atoms. The zero-order valence-corrected chi connectivity index (χ0v) is 18.1. The molecule has 4 aromatic rings. The minimum Gasteiger partial charge on any atom is -0.858 e. The summed E-state index contributed by atoms with van der Waals surface area (Å²) >= 11 is 0. The Hall–Kier alpha value is -2.22. The fraction of sp³-hybridized carbons (Fsp3) is 0.0526. The van der Waals surface area contributed by atoms with E-state index in [0.717, 1.165) is 16.6 Å². The molecule has 0 saturated carbocycles. The number of benzene rings is 1. The van der Waals surface area contributed by atoms with Gasteiger partial charge in [-0.15, -0.1) is 0 Å². The Balaban J connectivity index is 0.00000225. The summed E-state index contributed by atoms with van der Waals surface area (Å²) in [6, 6.07) is 9.51. The van der Waals surface area contributed by atoms with Gasteiger partial charge >= 0.3 is 51.4 Å². The van der Waals surface area contributed by atoms with E-state index in [2.05, 4.69) is 15.1 Å². The van der Waals surface area contributed by atoms with E-state index in [9.17, 15) is 13.9 Å². The average molecular weight is 401 g/mol. The number of nitrogens with zero attached hydrogens (tertiary/aromatic N) is 5. The maximum atomic E-state index is 14.3. The van der Waals surface area contributed by atoms with E-state index >= 15 is 0 Å². The molecule has 9 heteroatoms. The average Bonchev–Trinajstić information content (AvgIpc) is 2.98. The standard InChI is InChI=1S/C19H11F2N5O.K/c1-10-18(14-5-3-12(20)6-15(14)21)19-24-16(7-17(27)26(19)25-10)11-2-4-13(8-22)23-9-11;/h2-7,9,27H,1H3;/q;+1/p-1. The summed E-state index contributed by atoms with van der Waals surface area (Å²) < 4.78 is 28.6. The van der Waals surface area contributed by atoms with Gasteiger partial charge in [0.05, 0.1) is 17.0 Å². The minimum atomic E-state index is -0.771. The second-order valence-electron chi connectivity index (χ2n) is 5.84. The van der Waals surface area contributed by atoms with Gasteiger partial charge in [-0.1, -0.05) is 0 Å². The molecule has 4 rings (SSSR count). The smallest absolute Gasteiger partial charge is 0.858 e. The number of hydrogen-bond acceptors (Lipinski definition) is 5. The first-order valence-corrected chi connectivity index (χ1v) is 7.87. The maximum Gasteiger partial charge on any atom is 1.00 e. The fourth-order valence-electron chi connectivity index (χ4n) is 2.86. The Morgan fingerprint density at radius 2 is 1.93 bits per heavy atom. The second kappa shape index (κ2) is 8.03. The molecule has 0 radical (unpaired) electrons. The number of hydrogen-bond donors (Lipinski definition) is 0. The molecule has 0 unspecified atom stereocenters. The van der Waals surface area contributed by atoms with E-state index in [1.165, 1.54) is 24.4 Å². The first kappa shape index (κ1) is 20.5. The minimum absolute atomic E-state index is 0. The molecule has 0 atom stereocenters. The summed E-state index contributed by atoms with van der Waals surface area (Å²) in [6.07, 6.45) is 1.43. The number of halogens is 2. The third-order valence-electron chi connectivity index (χ3n) is 4.11. The van der Waals surface area contributed by atoms with Crippen molar-refractivity contribution in [1.29, 1.82) is 5.26 Å². The van der Waals surface area contributed by atoms with Crippen molar-refractivity contribution in [3.8, 4) is 34.3 Å². The Morgan fingerprint density at radius 1 is 1.14 bits per heavy atom. The van der Waals surface area contributed by atoms with Crippen molar-refractivity contribution >= 4 is 5.65 Å². The molecule has 0 saturated heterocycles. The molecular weight excluding hydrogens is 391 g/mol. The van der Waals surface area contributed by atoms with Crippen molar-refractivity contribution in [1.82, 2.24) is 19.6 Å². The SMILES string of the molecule is Cc1nn2c([O-])cc(-c3ccc(C#N)nc3)nc2c1-c1ccc(F)cc1F.[K+]. The number of pyridine rings is 1. The molecule has 0 spiro atoms. The van der Waals surface area contributed by atoms with Crippen LogP contribution in [0.2, 0.25) is 0 Å². The number of fused-ring (bicyclic) bond motifs is 1. The molecular formula is C19H10F2KN5O. The normalized spacial score (nSPS) is 10.5. The van der Waals surface area contributed by atoms with Gasteiger partial charge in [0.15, 0.2) is 5.65 Å². The Bertz CT molecular complexity index is 1230. The van der Waals surface area contributed by atoms with Gasteiger partial charge in [0.1, 0.15) is 23.4 Å². The number of rotatable bonds is 2. The summed E-state index contributed by atoms with van der Waals surface area (Å²) in [7, 11) is 0. The molecule has 0 amide bonds. The van der Waals surface area contributed by atoms with Gasteiger partial charge in [0.2, 0.25) is 0 Å². The zero-order chi connectivity index (χ0) is 19.1. The third-order valence-corrected chi connectivity index (χ3v) is 4.11. The topological polar surface area (TPSA) is 89.9 Å². The summed E-state index contributed by atoms with van der Waals surface area (Å²) in [5.41, 5.74) is 2.03. The van der Waals surface area contributed by atoms with Crippen LogP contribution in [0.25, 0.3) is 28.0 Å². The number of nitriles is 1. The number of aryl methyl sites for hydroxylation is 1. The monoisotopic (exact) mass is 401 g/mol.